The van der Waals surface area contributed by atoms with Gasteiger partial charge < -0.3 is 4.74 Å². The van der Waals surface area contributed by atoms with Crippen molar-refractivity contribution >= 4 is 22.6 Å². The van der Waals surface area contributed by atoms with E-state index in [-0.39, 0.29) is 24.1 Å². The van der Waals surface area contributed by atoms with Gasteiger partial charge in [-0.25, -0.2) is 9.67 Å². The van der Waals surface area contributed by atoms with E-state index in [1.165, 1.54) is 17.1 Å². The predicted octanol–water partition coefficient (Wildman–Crippen LogP) is 3.75. The van der Waals surface area contributed by atoms with Crippen molar-refractivity contribution in [3.05, 3.63) is 113 Å². The van der Waals surface area contributed by atoms with Crippen LogP contribution in [0.25, 0.3) is 16.7 Å². The van der Waals surface area contributed by atoms with E-state index in [2.05, 4.69) is 10.1 Å². The zero-order valence-corrected chi connectivity index (χ0v) is 18.7. The molecule has 0 radical (unpaired) electrons. The highest BCUT2D eigenvalue weighted by molar-refractivity contribution is 5.96. The Morgan fingerprint density at radius 2 is 1.66 bits per heavy atom. The van der Waals surface area contributed by atoms with Crippen LogP contribution in [0.2, 0.25) is 0 Å². The average molecular weight is 463 g/mol. The molecule has 5 aromatic rings. The first-order valence-electron chi connectivity index (χ1n) is 11.3. The molecule has 0 saturated carbocycles. The second kappa shape index (κ2) is 8.57. The topological polar surface area (TPSA) is 82.2 Å². The van der Waals surface area contributed by atoms with Gasteiger partial charge in [-0.3, -0.25) is 19.1 Å². The number of anilines is 1. The summed E-state index contributed by atoms with van der Waals surface area (Å²) in [6, 6.07) is 26.4. The van der Waals surface area contributed by atoms with E-state index in [1.54, 1.807) is 9.58 Å². The van der Waals surface area contributed by atoms with E-state index in [4.69, 9.17) is 4.74 Å². The zero-order valence-electron chi connectivity index (χ0n) is 18.7. The van der Waals surface area contributed by atoms with Crippen LogP contribution in [0.3, 0.4) is 0 Å². The third-order valence-corrected chi connectivity index (χ3v) is 6.15. The minimum atomic E-state index is -0.316. The first kappa shape index (κ1) is 20.9. The molecule has 0 aliphatic carbocycles. The van der Waals surface area contributed by atoms with Gasteiger partial charge in [0.15, 0.2) is 5.65 Å². The van der Waals surface area contributed by atoms with Gasteiger partial charge in [-0.05, 0) is 29.8 Å². The number of carbonyl (C=O) groups excluding carboxylic acids is 1. The number of rotatable bonds is 4. The molecule has 35 heavy (non-hydrogen) atoms. The van der Waals surface area contributed by atoms with Gasteiger partial charge in [-0.2, -0.15) is 5.10 Å². The Bertz CT molecular complexity index is 1580. The van der Waals surface area contributed by atoms with Crippen LogP contribution >= 0.6 is 0 Å². The van der Waals surface area contributed by atoms with Crippen molar-refractivity contribution in [1.82, 2.24) is 19.3 Å². The lowest BCUT2D eigenvalue weighted by Gasteiger charge is -2.37. The lowest BCUT2D eigenvalue weighted by molar-refractivity contribution is -0.120. The normalized spacial score (nSPS) is 15.0. The fourth-order valence-electron chi connectivity index (χ4n) is 4.46. The molecule has 1 aliphatic heterocycles. The number of ether oxygens (including phenoxy) is 1. The maximum absolute atomic E-state index is 13.7. The first-order valence-corrected chi connectivity index (χ1v) is 11.3. The highest BCUT2D eigenvalue weighted by Crippen LogP contribution is 2.39. The van der Waals surface area contributed by atoms with Crippen LogP contribution in [0.4, 0.5) is 5.69 Å². The summed E-state index contributed by atoms with van der Waals surface area (Å²) in [6.07, 6.45) is 2.91. The van der Waals surface area contributed by atoms with Crippen LogP contribution in [0.5, 0.6) is 5.75 Å². The van der Waals surface area contributed by atoms with Gasteiger partial charge in [0, 0.05) is 0 Å². The quantitative estimate of drug-likeness (QED) is 0.406. The summed E-state index contributed by atoms with van der Waals surface area (Å²) >= 11 is 0. The molecular weight excluding hydrogens is 442 g/mol. The molecule has 0 spiro atoms. The number of nitrogens with zero attached hydrogens (tertiary/aromatic N) is 5. The molecule has 0 N–H and O–H groups in total. The van der Waals surface area contributed by atoms with Crippen molar-refractivity contribution < 1.29 is 9.53 Å². The minimum Gasteiger partial charge on any atom is -0.489 e. The minimum absolute atomic E-state index is 0.157. The number of hydrogen-bond acceptors (Lipinski definition) is 5. The standard InChI is InChI=1S/C27H21N5O3/c33-25(31-22-13-7-8-14-24(22)35-17-23(31)19-9-3-1-4-10-19)16-30-18-28-26-21(27(30)34)15-29-32(26)20-11-5-2-6-12-20/h1-15,18,23H,16-17H2. The van der Waals surface area contributed by atoms with Crippen LogP contribution < -0.4 is 15.2 Å². The van der Waals surface area contributed by atoms with Crippen molar-refractivity contribution in [3.63, 3.8) is 0 Å². The molecule has 1 amide bonds. The number of amides is 1. The molecule has 8 nitrogen and oxygen atoms in total. The molecular formula is C27H21N5O3. The summed E-state index contributed by atoms with van der Waals surface area (Å²) in [4.78, 5) is 33.1. The van der Waals surface area contributed by atoms with Gasteiger partial charge in [0.05, 0.1) is 23.6 Å². The summed E-state index contributed by atoms with van der Waals surface area (Å²) < 4.78 is 8.91. The number of carbonyl (C=O) groups is 1. The van der Waals surface area contributed by atoms with Crippen LogP contribution in [-0.4, -0.2) is 31.8 Å². The summed E-state index contributed by atoms with van der Waals surface area (Å²) in [5, 5.41) is 4.70. The molecule has 172 valence electrons. The van der Waals surface area contributed by atoms with Gasteiger partial charge >= 0.3 is 0 Å². The van der Waals surface area contributed by atoms with Crippen molar-refractivity contribution in [2.24, 2.45) is 0 Å². The van der Waals surface area contributed by atoms with Crippen molar-refractivity contribution in [2.75, 3.05) is 11.5 Å². The number of hydrogen-bond donors (Lipinski definition) is 0. The molecule has 1 unspecified atom stereocenters. The smallest absolute Gasteiger partial charge is 0.264 e. The maximum Gasteiger partial charge on any atom is 0.264 e. The molecule has 1 aliphatic rings. The third kappa shape index (κ3) is 3.65. The molecule has 0 bridgehead atoms. The van der Waals surface area contributed by atoms with Gasteiger partial charge in [0.2, 0.25) is 5.91 Å². The molecule has 0 saturated heterocycles. The summed E-state index contributed by atoms with van der Waals surface area (Å²) in [5.74, 6) is 0.409. The molecule has 2 aromatic heterocycles. The molecule has 6 rings (SSSR count). The SMILES string of the molecule is O=C(Cn1cnc2c(cnn2-c2ccccc2)c1=O)N1c2ccccc2OCC1c1ccccc1. The Hall–Kier alpha value is -4.72. The first-order chi connectivity index (χ1) is 17.2. The Kier molecular flexibility index (Phi) is 5.11. The number of benzene rings is 3. The third-order valence-electron chi connectivity index (χ3n) is 6.15. The second-order valence-electron chi connectivity index (χ2n) is 8.28. The van der Waals surface area contributed by atoms with E-state index in [0.29, 0.717) is 29.1 Å². The summed E-state index contributed by atoms with van der Waals surface area (Å²) in [5.41, 5.74) is 2.57. The van der Waals surface area contributed by atoms with E-state index in [0.717, 1.165) is 11.3 Å². The van der Waals surface area contributed by atoms with E-state index in [9.17, 15) is 9.59 Å². The lowest BCUT2D eigenvalue weighted by atomic mass is 10.0. The molecule has 3 heterocycles. The largest absolute Gasteiger partial charge is 0.489 e. The molecule has 8 heteroatoms. The molecule has 1 atom stereocenters. The van der Waals surface area contributed by atoms with Crippen molar-refractivity contribution in [3.8, 4) is 11.4 Å². The van der Waals surface area contributed by atoms with Gasteiger partial charge in [0.1, 0.15) is 30.6 Å². The number of para-hydroxylation sites is 3. The number of fused-ring (bicyclic) bond motifs is 2. The average Bonchev–Trinajstić information content (AvgIpc) is 3.35. The highest BCUT2D eigenvalue weighted by Gasteiger charge is 2.33. The fraction of sp³-hybridized carbons (Fsp3) is 0.111. The van der Waals surface area contributed by atoms with Crippen molar-refractivity contribution in [2.45, 2.75) is 12.6 Å². The number of aromatic nitrogens is 4. The Labute approximate surface area is 200 Å². The Morgan fingerprint density at radius 3 is 2.46 bits per heavy atom. The summed E-state index contributed by atoms with van der Waals surface area (Å²) in [6.45, 7) is 0.165. The van der Waals surface area contributed by atoms with E-state index in [1.807, 2.05) is 84.9 Å². The van der Waals surface area contributed by atoms with Crippen LogP contribution in [0.1, 0.15) is 11.6 Å². The van der Waals surface area contributed by atoms with Crippen LogP contribution in [0.15, 0.2) is 102 Å². The summed E-state index contributed by atoms with van der Waals surface area (Å²) in [7, 11) is 0. The molecule has 3 aromatic carbocycles. The van der Waals surface area contributed by atoms with Crippen LogP contribution in [-0.2, 0) is 11.3 Å². The van der Waals surface area contributed by atoms with E-state index >= 15 is 0 Å². The Morgan fingerprint density at radius 1 is 0.943 bits per heavy atom. The van der Waals surface area contributed by atoms with Crippen LogP contribution in [0, 0.1) is 0 Å². The van der Waals surface area contributed by atoms with Gasteiger partial charge in [-0.15, -0.1) is 0 Å². The zero-order chi connectivity index (χ0) is 23.8. The monoisotopic (exact) mass is 463 g/mol. The maximum atomic E-state index is 13.7. The van der Waals surface area contributed by atoms with Gasteiger partial charge in [-0.1, -0.05) is 60.7 Å². The lowest BCUT2D eigenvalue weighted by Crippen LogP contribution is -2.43. The van der Waals surface area contributed by atoms with E-state index < -0.39 is 0 Å². The Balaban J connectivity index is 1.37. The molecule has 0 fully saturated rings. The fourth-order valence-corrected chi connectivity index (χ4v) is 4.46. The predicted molar refractivity (Wildman–Crippen MR) is 132 cm³/mol. The second-order valence-corrected chi connectivity index (χ2v) is 8.28. The van der Waals surface area contributed by atoms with Crippen molar-refractivity contribution in [1.29, 1.82) is 0 Å². The van der Waals surface area contributed by atoms with Gasteiger partial charge in [0.25, 0.3) is 5.56 Å². The highest BCUT2D eigenvalue weighted by atomic mass is 16.5.